The molecule has 4 N–H and O–H groups in total. The number of hydrogen-bond donors (Lipinski definition) is 4. The van der Waals surface area contributed by atoms with Crippen molar-refractivity contribution in [3.05, 3.63) is 0 Å². The first kappa shape index (κ1) is 32.6. The van der Waals surface area contributed by atoms with Crippen molar-refractivity contribution < 1.29 is 47.9 Å². The molecule has 39 heavy (non-hydrogen) atoms. The number of fused-ring (bicyclic) bond motifs is 1. The lowest BCUT2D eigenvalue weighted by atomic mass is 9.88. The van der Waals surface area contributed by atoms with E-state index >= 15 is 0 Å². The zero-order chi connectivity index (χ0) is 29.2. The van der Waals surface area contributed by atoms with Crippen LogP contribution in [0.4, 0.5) is 13.6 Å². The van der Waals surface area contributed by atoms with E-state index in [0.717, 1.165) is 11.8 Å². The second-order valence-electron chi connectivity index (χ2n) is 11.6. The van der Waals surface area contributed by atoms with Crippen LogP contribution >= 0.6 is 23.4 Å². The van der Waals surface area contributed by atoms with Gasteiger partial charge < -0.3 is 34.8 Å². The van der Waals surface area contributed by atoms with Crippen LogP contribution in [0.5, 0.6) is 0 Å². The van der Waals surface area contributed by atoms with E-state index in [-0.39, 0.29) is 31.4 Å². The molecular formula is C25H41ClF2N2O8S. The molecule has 0 spiro atoms. The van der Waals surface area contributed by atoms with E-state index in [9.17, 15) is 33.7 Å². The Morgan fingerprint density at radius 3 is 2.44 bits per heavy atom. The molecule has 3 aliphatic heterocycles. The molecule has 0 saturated carbocycles. The Labute approximate surface area is 237 Å². The Morgan fingerprint density at radius 1 is 1.21 bits per heavy atom. The lowest BCUT2D eigenvalue weighted by Gasteiger charge is -2.44. The summed E-state index contributed by atoms with van der Waals surface area (Å²) >= 11 is 7.55. The molecule has 2 unspecified atom stereocenters. The van der Waals surface area contributed by atoms with Crippen molar-refractivity contribution in [3.63, 3.8) is 0 Å². The lowest BCUT2D eigenvalue weighted by molar-refractivity contribution is -0.205. The third-order valence-electron chi connectivity index (χ3n) is 7.42. The van der Waals surface area contributed by atoms with Crippen LogP contribution < -0.4 is 5.32 Å². The van der Waals surface area contributed by atoms with Crippen molar-refractivity contribution in [2.75, 3.05) is 19.4 Å². The summed E-state index contributed by atoms with van der Waals surface area (Å²) in [5.74, 6) is -1.34. The predicted octanol–water partition coefficient (Wildman–Crippen LogP) is 1.95. The summed E-state index contributed by atoms with van der Waals surface area (Å²) in [5, 5.41) is 33.3. The second kappa shape index (κ2) is 13.3. The summed E-state index contributed by atoms with van der Waals surface area (Å²) in [4.78, 5) is 28.3. The first-order valence-corrected chi connectivity index (χ1v) is 14.9. The first-order chi connectivity index (χ1) is 18.1. The summed E-state index contributed by atoms with van der Waals surface area (Å²) in [7, 11) is 0. The molecule has 14 heteroatoms. The predicted molar refractivity (Wildman–Crippen MR) is 141 cm³/mol. The van der Waals surface area contributed by atoms with Crippen molar-refractivity contribution in [3.8, 4) is 0 Å². The van der Waals surface area contributed by atoms with Gasteiger partial charge in [-0.05, 0) is 52.7 Å². The summed E-state index contributed by atoms with van der Waals surface area (Å²) < 4.78 is 43.7. The molecule has 0 aromatic carbocycles. The molecule has 3 fully saturated rings. The molecule has 0 aromatic heterocycles. The van der Waals surface area contributed by atoms with Crippen LogP contribution in [0.1, 0.15) is 47.0 Å². The van der Waals surface area contributed by atoms with Gasteiger partial charge in [0.15, 0.2) is 0 Å². The highest BCUT2D eigenvalue weighted by molar-refractivity contribution is 7.99. The number of ether oxygens (including phenoxy) is 3. The summed E-state index contributed by atoms with van der Waals surface area (Å²) in [6.45, 7) is 6.90. The Balaban J connectivity index is 1.87. The number of aliphatic hydroxyl groups excluding tert-OH is 3. The van der Waals surface area contributed by atoms with Gasteiger partial charge in [0.1, 0.15) is 41.5 Å². The van der Waals surface area contributed by atoms with Crippen molar-refractivity contribution in [2.24, 2.45) is 11.8 Å². The number of rotatable bonds is 7. The monoisotopic (exact) mass is 602 g/mol. The summed E-state index contributed by atoms with van der Waals surface area (Å²) in [6.07, 6.45) is -7.46. The SMILES string of the molecule is CSC1O[C@H]([C@H](NC(=O)[C@@H]2[C@@H]3OCC[C@@H](CC(F)F)C[C@H]3CN2C(=O)OC(C)(C)C)[C@H](C)Cl)C(O)[C@@H](O)[C@H]1O. The normalized spacial score (nSPS) is 37.1. The fourth-order valence-electron chi connectivity index (χ4n) is 5.60. The van der Waals surface area contributed by atoms with Crippen LogP contribution in [-0.4, -0.2) is 117 Å². The van der Waals surface area contributed by atoms with Crippen LogP contribution in [0.15, 0.2) is 0 Å². The Hall–Kier alpha value is -0.960. The summed E-state index contributed by atoms with van der Waals surface area (Å²) in [6, 6.07) is -2.18. The molecule has 3 aliphatic rings. The average molecular weight is 603 g/mol. The van der Waals surface area contributed by atoms with Gasteiger partial charge in [0, 0.05) is 25.5 Å². The molecule has 3 rings (SSSR count). The van der Waals surface area contributed by atoms with Crippen LogP contribution in [0.2, 0.25) is 0 Å². The maximum atomic E-state index is 13.8. The average Bonchev–Trinajstić information content (AvgIpc) is 3.07. The zero-order valence-electron chi connectivity index (χ0n) is 22.8. The van der Waals surface area contributed by atoms with Crippen molar-refractivity contribution in [2.45, 2.75) is 112 Å². The number of halogens is 3. The van der Waals surface area contributed by atoms with Gasteiger partial charge in [-0.1, -0.05) is 0 Å². The standard InChI is InChI=1S/C25H41ClF2N2O8S/c1-11(26)15(21-18(32)17(31)19(33)23(37-21)39-5)29-22(34)16-20-13(8-12(6-7-36-20)9-14(27)28)10-30(16)24(35)38-25(2,3)4/h11-21,23,31-33H,6-10H2,1-5H3,(H,29,34)/t11-,12+,13-,15+,16-,17+,18?,19+,20+,21+,23?/m0/s1. The number of carbonyl (C=O) groups excluding carboxylic acids is 2. The van der Waals surface area contributed by atoms with E-state index in [4.69, 9.17) is 25.8 Å². The maximum Gasteiger partial charge on any atom is 0.411 e. The van der Waals surface area contributed by atoms with Gasteiger partial charge >= 0.3 is 6.09 Å². The van der Waals surface area contributed by atoms with Crippen LogP contribution in [0.25, 0.3) is 0 Å². The van der Waals surface area contributed by atoms with Gasteiger partial charge in [-0.3, -0.25) is 9.69 Å². The number of thioether (sulfide) groups is 1. The third-order valence-corrected chi connectivity index (χ3v) is 8.55. The van der Waals surface area contributed by atoms with E-state index in [1.807, 2.05) is 0 Å². The van der Waals surface area contributed by atoms with Gasteiger partial charge in [0.05, 0.1) is 17.5 Å². The van der Waals surface area contributed by atoms with Crippen LogP contribution in [0.3, 0.4) is 0 Å². The minimum Gasteiger partial charge on any atom is -0.444 e. The van der Waals surface area contributed by atoms with Crippen LogP contribution in [-0.2, 0) is 19.0 Å². The molecule has 11 atom stereocenters. The molecule has 0 aromatic rings. The fourth-order valence-corrected chi connectivity index (χ4v) is 6.48. The summed E-state index contributed by atoms with van der Waals surface area (Å²) in [5.41, 5.74) is -1.73. The van der Waals surface area contributed by atoms with Gasteiger partial charge in [-0.25, -0.2) is 13.6 Å². The van der Waals surface area contributed by atoms with Crippen molar-refractivity contribution >= 4 is 35.4 Å². The molecule has 0 radical (unpaired) electrons. The highest BCUT2D eigenvalue weighted by Gasteiger charge is 2.53. The third kappa shape index (κ3) is 7.87. The lowest BCUT2D eigenvalue weighted by Crippen LogP contribution is -2.65. The number of likely N-dealkylation sites (tertiary alicyclic amines) is 1. The number of alkyl halides is 3. The zero-order valence-corrected chi connectivity index (χ0v) is 24.4. The van der Waals surface area contributed by atoms with E-state index in [0.29, 0.717) is 12.8 Å². The minimum atomic E-state index is -2.47. The maximum absolute atomic E-state index is 13.8. The Kier molecular flexibility index (Phi) is 11.1. The quantitative estimate of drug-likeness (QED) is 0.322. The van der Waals surface area contributed by atoms with E-state index in [1.165, 1.54) is 4.90 Å². The number of nitrogens with zero attached hydrogens (tertiary/aromatic N) is 1. The van der Waals surface area contributed by atoms with Gasteiger partial charge in [-0.15, -0.1) is 23.4 Å². The number of carbonyl (C=O) groups is 2. The van der Waals surface area contributed by atoms with Crippen molar-refractivity contribution in [1.29, 1.82) is 0 Å². The fraction of sp³-hybridized carbons (Fsp3) is 0.920. The van der Waals surface area contributed by atoms with E-state index < -0.39 is 77.4 Å². The Morgan fingerprint density at radius 2 is 1.87 bits per heavy atom. The van der Waals surface area contributed by atoms with Crippen LogP contribution in [0, 0.1) is 11.8 Å². The highest BCUT2D eigenvalue weighted by Crippen LogP contribution is 2.38. The van der Waals surface area contributed by atoms with Gasteiger partial charge in [0.25, 0.3) is 0 Å². The Bertz CT molecular complexity index is 851. The number of nitrogens with one attached hydrogen (secondary N) is 1. The van der Waals surface area contributed by atoms with Gasteiger partial charge in [0.2, 0.25) is 12.3 Å². The highest BCUT2D eigenvalue weighted by atomic mass is 35.5. The smallest absolute Gasteiger partial charge is 0.411 e. The number of hydrogen-bond acceptors (Lipinski definition) is 9. The first-order valence-electron chi connectivity index (χ1n) is 13.2. The molecule has 0 aliphatic carbocycles. The number of amides is 2. The molecular weight excluding hydrogens is 562 g/mol. The molecule has 0 bridgehead atoms. The minimum absolute atomic E-state index is 0.0838. The molecule has 2 amide bonds. The van der Waals surface area contributed by atoms with E-state index in [1.54, 1.807) is 34.0 Å². The molecule has 10 nitrogen and oxygen atoms in total. The number of aliphatic hydroxyl groups is 3. The molecule has 3 heterocycles. The topological polar surface area (TPSA) is 138 Å². The largest absolute Gasteiger partial charge is 0.444 e. The second-order valence-corrected chi connectivity index (χ2v) is 13.2. The van der Waals surface area contributed by atoms with Crippen molar-refractivity contribution in [1.82, 2.24) is 10.2 Å². The molecule has 3 saturated heterocycles. The van der Waals surface area contributed by atoms with E-state index in [2.05, 4.69) is 5.32 Å². The molecule has 226 valence electrons. The van der Waals surface area contributed by atoms with Gasteiger partial charge in [-0.2, -0.15) is 0 Å².